The topological polar surface area (TPSA) is 55.9 Å². The summed E-state index contributed by atoms with van der Waals surface area (Å²) < 4.78 is 0. The van der Waals surface area contributed by atoms with E-state index in [9.17, 15) is 9.59 Å². The summed E-state index contributed by atoms with van der Waals surface area (Å²) in [6, 6.07) is 0. The molecule has 0 atom stereocenters. The second-order valence-electron chi connectivity index (χ2n) is 5.57. The molecule has 0 bridgehead atoms. The summed E-state index contributed by atoms with van der Waals surface area (Å²) in [7, 11) is 7.96. The van der Waals surface area contributed by atoms with Crippen molar-refractivity contribution in [2.45, 2.75) is 19.8 Å². The van der Waals surface area contributed by atoms with Crippen molar-refractivity contribution in [3.8, 4) is 0 Å². The first-order valence-electron chi connectivity index (χ1n) is 7.14. The fraction of sp³-hybridized carbons (Fsp3) is 0.857. The van der Waals surface area contributed by atoms with Crippen molar-refractivity contribution in [1.82, 2.24) is 20.0 Å². The third-order valence-electron chi connectivity index (χ3n) is 2.98. The first-order valence-corrected chi connectivity index (χ1v) is 7.14. The normalized spacial score (nSPS) is 10.9. The van der Waals surface area contributed by atoms with Crippen LogP contribution in [0.2, 0.25) is 0 Å². The van der Waals surface area contributed by atoms with Gasteiger partial charge in [-0.25, -0.2) is 0 Å². The van der Waals surface area contributed by atoms with E-state index in [1.54, 1.807) is 11.8 Å². The fourth-order valence-corrected chi connectivity index (χ4v) is 1.70. The van der Waals surface area contributed by atoms with Gasteiger partial charge in [0, 0.05) is 39.5 Å². The van der Waals surface area contributed by atoms with Gasteiger partial charge in [0.25, 0.3) is 0 Å². The van der Waals surface area contributed by atoms with Gasteiger partial charge in [-0.2, -0.15) is 0 Å². The highest BCUT2D eigenvalue weighted by Crippen LogP contribution is 1.94. The molecule has 6 heteroatoms. The van der Waals surface area contributed by atoms with Crippen LogP contribution in [0.4, 0.5) is 0 Å². The number of carbonyl (C=O) groups is 2. The number of hydrogen-bond donors (Lipinski definition) is 1. The first-order chi connectivity index (χ1) is 9.32. The number of carbonyl (C=O) groups excluding carboxylic acids is 2. The molecule has 0 aromatic rings. The molecule has 0 unspecified atom stereocenters. The number of amides is 2. The SMILES string of the molecule is CC(=O)N(CCC(=O)NCCCN(C)C)CCN(C)C. The van der Waals surface area contributed by atoms with Gasteiger partial charge < -0.3 is 20.0 Å². The molecule has 0 aliphatic carbocycles. The highest BCUT2D eigenvalue weighted by Gasteiger charge is 2.11. The van der Waals surface area contributed by atoms with E-state index < -0.39 is 0 Å². The number of hydrogen-bond acceptors (Lipinski definition) is 4. The van der Waals surface area contributed by atoms with E-state index in [0.29, 0.717) is 26.1 Å². The molecule has 0 rings (SSSR count). The minimum Gasteiger partial charge on any atom is -0.356 e. The molecule has 0 spiro atoms. The Morgan fingerprint density at radius 1 is 0.900 bits per heavy atom. The zero-order chi connectivity index (χ0) is 15.5. The van der Waals surface area contributed by atoms with Crippen molar-refractivity contribution < 1.29 is 9.59 Å². The van der Waals surface area contributed by atoms with Gasteiger partial charge in [0.15, 0.2) is 0 Å². The van der Waals surface area contributed by atoms with E-state index in [1.807, 2.05) is 33.1 Å². The molecule has 2 amide bonds. The first kappa shape index (κ1) is 18.9. The second-order valence-corrected chi connectivity index (χ2v) is 5.57. The second kappa shape index (κ2) is 10.6. The molecular weight excluding hydrogens is 256 g/mol. The molecule has 6 nitrogen and oxygen atoms in total. The van der Waals surface area contributed by atoms with Crippen molar-refractivity contribution in [3.05, 3.63) is 0 Å². The van der Waals surface area contributed by atoms with Crippen molar-refractivity contribution >= 4 is 11.8 Å². The van der Waals surface area contributed by atoms with Crippen LogP contribution in [0.25, 0.3) is 0 Å². The Balaban J connectivity index is 3.85. The van der Waals surface area contributed by atoms with Crippen LogP contribution in [-0.4, -0.2) is 87.4 Å². The smallest absolute Gasteiger partial charge is 0.221 e. The Hall–Kier alpha value is -1.14. The van der Waals surface area contributed by atoms with Crippen LogP contribution < -0.4 is 5.32 Å². The summed E-state index contributed by atoms with van der Waals surface area (Å²) >= 11 is 0. The highest BCUT2D eigenvalue weighted by molar-refractivity contribution is 5.77. The Morgan fingerprint density at radius 2 is 1.50 bits per heavy atom. The zero-order valence-corrected chi connectivity index (χ0v) is 13.6. The maximum Gasteiger partial charge on any atom is 0.221 e. The van der Waals surface area contributed by atoms with Gasteiger partial charge in [0.2, 0.25) is 11.8 Å². The number of likely N-dealkylation sites (N-methyl/N-ethyl adjacent to an activating group) is 1. The molecule has 0 aromatic carbocycles. The van der Waals surface area contributed by atoms with Crippen molar-refractivity contribution in [3.63, 3.8) is 0 Å². The van der Waals surface area contributed by atoms with Gasteiger partial charge in [0.05, 0.1) is 0 Å². The fourth-order valence-electron chi connectivity index (χ4n) is 1.70. The minimum absolute atomic E-state index is 0.0138. The summed E-state index contributed by atoms with van der Waals surface area (Å²) in [5, 5.41) is 2.88. The van der Waals surface area contributed by atoms with Crippen LogP contribution in [0.1, 0.15) is 19.8 Å². The predicted molar refractivity (Wildman–Crippen MR) is 81.6 cm³/mol. The van der Waals surface area contributed by atoms with Gasteiger partial charge >= 0.3 is 0 Å². The minimum atomic E-state index is 0.0138. The number of nitrogens with zero attached hydrogens (tertiary/aromatic N) is 3. The average molecular weight is 286 g/mol. The third-order valence-corrected chi connectivity index (χ3v) is 2.98. The Kier molecular flexibility index (Phi) is 10.0. The molecule has 0 fully saturated rings. The standard InChI is InChI=1S/C14H30N4O2/c1-13(19)18(12-11-17(4)5)10-7-14(20)15-8-6-9-16(2)3/h6-12H2,1-5H3,(H,15,20). The molecule has 0 aliphatic rings. The van der Waals surface area contributed by atoms with Crippen LogP contribution in [0.3, 0.4) is 0 Å². The van der Waals surface area contributed by atoms with Crippen molar-refractivity contribution in [2.75, 3.05) is 60.9 Å². The van der Waals surface area contributed by atoms with E-state index in [2.05, 4.69) is 10.2 Å². The summed E-state index contributed by atoms with van der Waals surface area (Å²) in [5.74, 6) is 0.0344. The average Bonchev–Trinajstić information content (AvgIpc) is 2.33. The zero-order valence-electron chi connectivity index (χ0n) is 13.6. The van der Waals surface area contributed by atoms with Crippen molar-refractivity contribution in [2.24, 2.45) is 0 Å². The maximum atomic E-state index is 11.7. The van der Waals surface area contributed by atoms with E-state index in [4.69, 9.17) is 0 Å². The molecule has 0 saturated carbocycles. The van der Waals surface area contributed by atoms with E-state index >= 15 is 0 Å². The molecule has 1 N–H and O–H groups in total. The van der Waals surface area contributed by atoms with Gasteiger partial charge in [-0.15, -0.1) is 0 Å². The van der Waals surface area contributed by atoms with Gasteiger partial charge in [-0.1, -0.05) is 0 Å². The number of nitrogens with one attached hydrogen (secondary N) is 1. The number of rotatable bonds is 10. The molecule has 0 heterocycles. The lowest BCUT2D eigenvalue weighted by atomic mass is 10.3. The Labute approximate surface area is 123 Å². The lowest BCUT2D eigenvalue weighted by molar-refractivity contribution is -0.129. The van der Waals surface area contributed by atoms with Crippen LogP contribution in [0, 0.1) is 0 Å². The summed E-state index contributed by atoms with van der Waals surface area (Å²) in [6.07, 6.45) is 1.31. The summed E-state index contributed by atoms with van der Waals surface area (Å²) in [5.41, 5.74) is 0. The quantitative estimate of drug-likeness (QED) is 0.568. The molecule has 0 saturated heterocycles. The molecular formula is C14H30N4O2. The third kappa shape index (κ3) is 10.8. The Bertz CT molecular complexity index is 293. The highest BCUT2D eigenvalue weighted by atomic mass is 16.2. The largest absolute Gasteiger partial charge is 0.356 e. The van der Waals surface area contributed by atoms with E-state index in [0.717, 1.165) is 19.5 Å². The van der Waals surface area contributed by atoms with E-state index in [-0.39, 0.29) is 11.8 Å². The molecule has 118 valence electrons. The van der Waals surface area contributed by atoms with E-state index in [1.165, 1.54) is 0 Å². The molecule has 0 aliphatic heterocycles. The summed E-state index contributed by atoms with van der Waals surface area (Å²) in [6.45, 7) is 5.16. The molecule has 0 radical (unpaired) electrons. The lowest BCUT2D eigenvalue weighted by Gasteiger charge is -2.22. The molecule has 20 heavy (non-hydrogen) atoms. The summed E-state index contributed by atoms with van der Waals surface area (Å²) in [4.78, 5) is 29.0. The monoisotopic (exact) mass is 286 g/mol. The molecule has 0 aromatic heterocycles. The van der Waals surface area contributed by atoms with Crippen LogP contribution in [0.15, 0.2) is 0 Å². The van der Waals surface area contributed by atoms with Gasteiger partial charge in [-0.3, -0.25) is 9.59 Å². The van der Waals surface area contributed by atoms with Crippen LogP contribution >= 0.6 is 0 Å². The van der Waals surface area contributed by atoms with Crippen LogP contribution in [-0.2, 0) is 9.59 Å². The van der Waals surface area contributed by atoms with Crippen LogP contribution in [0.5, 0.6) is 0 Å². The van der Waals surface area contributed by atoms with Gasteiger partial charge in [0.1, 0.15) is 0 Å². The Morgan fingerprint density at radius 3 is 2.00 bits per heavy atom. The van der Waals surface area contributed by atoms with Gasteiger partial charge in [-0.05, 0) is 41.2 Å². The maximum absolute atomic E-state index is 11.7. The predicted octanol–water partition coefficient (Wildman–Crippen LogP) is -0.145. The lowest BCUT2D eigenvalue weighted by Crippen LogP contribution is -2.38. The van der Waals surface area contributed by atoms with Crippen molar-refractivity contribution in [1.29, 1.82) is 0 Å².